The highest BCUT2D eigenvalue weighted by Crippen LogP contribution is 2.26. The van der Waals surface area contributed by atoms with Crippen LogP contribution in [0.25, 0.3) is 11.0 Å². The Kier molecular flexibility index (Phi) is 4.61. The van der Waals surface area contributed by atoms with Crippen molar-refractivity contribution in [2.75, 3.05) is 11.9 Å². The van der Waals surface area contributed by atoms with Crippen LogP contribution in [0.5, 0.6) is 0 Å². The number of halogens is 1. The van der Waals surface area contributed by atoms with Crippen molar-refractivity contribution in [1.82, 2.24) is 15.3 Å². The molecule has 6 nitrogen and oxygen atoms in total. The highest BCUT2D eigenvalue weighted by molar-refractivity contribution is 9.10. The smallest absolute Gasteiger partial charge is 0.323 e. The Hall–Kier alpha value is -1.60. The van der Waals surface area contributed by atoms with Crippen LogP contribution in [0.15, 0.2) is 21.4 Å². The van der Waals surface area contributed by atoms with Crippen molar-refractivity contribution in [3.8, 4) is 0 Å². The molecule has 0 spiro atoms. The van der Waals surface area contributed by atoms with Crippen molar-refractivity contribution >= 4 is 38.6 Å². The first-order chi connectivity index (χ1) is 9.45. The van der Waals surface area contributed by atoms with Crippen molar-refractivity contribution < 1.29 is 4.79 Å². The van der Waals surface area contributed by atoms with E-state index in [2.05, 4.69) is 36.5 Å². The number of aromatic nitrogens is 2. The van der Waals surface area contributed by atoms with Gasteiger partial charge >= 0.3 is 5.69 Å². The lowest BCUT2D eigenvalue weighted by molar-refractivity contribution is -0.116. The van der Waals surface area contributed by atoms with Crippen LogP contribution in [0.3, 0.4) is 0 Å². The van der Waals surface area contributed by atoms with Crippen molar-refractivity contribution in [3.63, 3.8) is 0 Å². The third-order valence-corrected chi connectivity index (χ3v) is 3.44. The topological polar surface area (TPSA) is 89.8 Å². The second kappa shape index (κ2) is 6.23. The molecule has 0 aliphatic heterocycles. The van der Waals surface area contributed by atoms with Crippen molar-refractivity contribution in [2.24, 2.45) is 0 Å². The maximum absolute atomic E-state index is 11.8. The summed E-state index contributed by atoms with van der Waals surface area (Å²) in [5.74, 6) is -0.0731. The number of carbonyl (C=O) groups excluding carboxylic acids is 1. The summed E-state index contributed by atoms with van der Waals surface area (Å²) in [6, 6.07) is 3.84. The Morgan fingerprint density at radius 3 is 2.60 bits per heavy atom. The first kappa shape index (κ1) is 14.8. The number of anilines is 1. The van der Waals surface area contributed by atoms with Crippen LogP contribution in [-0.2, 0) is 4.79 Å². The first-order valence-electron chi connectivity index (χ1n) is 6.40. The lowest BCUT2D eigenvalue weighted by Gasteiger charge is -2.09. The predicted molar refractivity (Wildman–Crippen MR) is 83.0 cm³/mol. The number of nitrogens with one attached hydrogen (secondary N) is 4. The van der Waals surface area contributed by atoms with Crippen molar-refractivity contribution in [3.05, 3.63) is 27.1 Å². The minimum atomic E-state index is -0.267. The number of H-pyrrole nitrogens is 2. The molecule has 0 saturated carbocycles. The monoisotopic (exact) mass is 340 g/mol. The Bertz CT molecular complexity index is 675. The molecule has 0 saturated heterocycles. The summed E-state index contributed by atoms with van der Waals surface area (Å²) in [4.78, 5) is 28.4. The molecule has 1 amide bonds. The van der Waals surface area contributed by atoms with Gasteiger partial charge in [0, 0.05) is 23.5 Å². The van der Waals surface area contributed by atoms with E-state index < -0.39 is 0 Å². The van der Waals surface area contributed by atoms with Gasteiger partial charge in [-0.3, -0.25) is 4.79 Å². The van der Waals surface area contributed by atoms with E-state index in [1.54, 1.807) is 12.1 Å². The minimum Gasteiger partial charge on any atom is -0.325 e. The fourth-order valence-electron chi connectivity index (χ4n) is 1.84. The zero-order valence-electron chi connectivity index (χ0n) is 11.3. The molecule has 0 aliphatic carbocycles. The molecule has 0 bridgehead atoms. The van der Waals surface area contributed by atoms with Crippen LogP contribution < -0.4 is 16.3 Å². The summed E-state index contributed by atoms with van der Waals surface area (Å²) in [6.45, 7) is 4.69. The Labute approximate surface area is 124 Å². The average molecular weight is 341 g/mol. The van der Waals surface area contributed by atoms with Crippen LogP contribution in [0, 0.1) is 0 Å². The summed E-state index contributed by atoms with van der Waals surface area (Å²) >= 11 is 3.38. The van der Waals surface area contributed by atoms with Gasteiger partial charge in [0.2, 0.25) is 5.91 Å². The summed E-state index contributed by atoms with van der Waals surface area (Å²) in [6.07, 6.45) is 0.395. The standard InChI is InChI=1S/C13H17BrN4O2/c1-7(2)15-4-3-12(19)16-9-6-11-10(5-8(9)14)17-13(20)18-11/h5-7,15H,3-4H2,1-2H3,(H,16,19)(H2,17,18,20). The first-order valence-corrected chi connectivity index (χ1v) is 7.20. The zero-order chi connectivity index (χ0) is 14.7. The third-order valence-electron chi connectivity index (χ3n) is 2.78. The summed E-state index contributed by atoms with van der Waals surface area (Å²) in [7, 11) is 0. The molecule has 0 atom stereocenters. The summed E-state index contributed by atoms with van der Waals surface area (Å²) in [5.41, 5.74) is 1.73. The van der Waals surface area contributed by atoms with Gasteiger partial charge in [-0.1, -0.05) is 13.8 Å². The van der Waals surface area contributed by atoms with Gasteiger partial charge in [-0.15, -0.1) is 0 Å². The van der Waals surface area contributed by atoms with E-state index in [9.17, 15) is 9.59 Å². The van der Waals surface area contributed by atoms with Gasteiger partial charge in [0.1, 0.15) is 0 Å². The molecule has 2 aromatic rings. The number of fused-ring (bicyclic) bond motifs is 1. The van der Waals surface area contributed by atoms with Crippen molar-refractivity contribution in [2.45, 2.75) is 26.3 Å². The van der Waals surface area contributed by atoms with E-state index in [0.717, 1.165) is 4.47 Å². The lowest BCUT2D eigenvalue weighted by Crippen LogP contribution is -2.27. The number of aromatic amines is 2. The highest BCUT2D eigenvalue weighted by atomic mass is 79.9. The van der Waals surface area contributed by atoms with Gasteiger partial charge in [-0.2, -0.15) is 0 Å². The molecule has 108 valence electrons. The van der Waals surface area contributed by atoms with Crippen molar-refractivity contribution in [1.29, 1.82) is 0 Å². The second-order valence-corrected chi connectivity index (χ2v) is 5.72. The Morgan fingerprint density at radius 2 is 1.95 bits per heavy atom. The van der Waals surface area contributed by atoms with E-state index in [-0.39, 0.29) is 11.6 Å². The molecular weight excluding hydrogens is 324 g/mol. The van der Waals surface area contributed by atoms with E-state index in [1.807, 2.05) is 13.8 Å². The molecule has 7 heteroatoms. The second-order valence-electron chi connectivity index (χ2n) is 4.86. The molecule has 0 unspecified atom stereocenters. The highest BCUT2D eigenvalue weighted by Gasteiger charge is 2.09. The Balaban J connectivity index is 2.07. The fraction of sp³-hybridized carbons (Fsp3) is 0.385. The fourth-order valence-corrected chi connectivity index (χ4v) is 2.28. The molecule has 0 radical (unpaired) electrons. The molecule has 20 heavy (non-hydrogen) atoms. The SMILES string of the molecule is CC(C)NCCC(=O)Nc1cc2[nH]c(=O)[nH]c2cc1Br. The molecule has 0 aliphatic rings. The van der Waals surface area contributed by atoms with E-state index in [1.165, 1.54) is 0 Å². The number of hydrogen-bond donors (Lipinski definition) is 4. The molecule has 4 N–H and O–H groups in total. The zero-order valence-corrected chi connectivity index (χ0v) is 12.9. The van der Waals surface area contributed by atoms with Crippen LogP contribution in [-0.4, -0.2) is 28.5 Å². The van der Waals surface area contributed by atoms with E-state index in [4.69, 9.17) is 0 Å². The van der Waals surface area contributed by atoms with E-state index >= 15 is 0 Å². The number of benzene rings is 1. The Morgan fingerprint density at radius 1 is 1.30 bits per heavy atom. The van der Waals surface area contributed by atoms with Crippen LogP contribution in [0.2, 0.25) is 0 Å². The number of amides is 1. The molecule has 1 heterocycles. The largest absolute Gasteiger partial charge is 0.325 e. The molecule has 1 aromatic heterocycles. The normalized spacial score (nSPS) is 11.2. The predicted octanol–water partition coefficient (Wildman–Crippen LogP) is 1.95. The number of imidazole rings is 1. The maximum atomic E-state index is 11.8. The molecule has 2 rings (SSSR count). The average Bonchev–Trinajstić information content (AvgIpc) is 2.68. The van der Waals surface area contributed by atoms with Crippen LogP contribution in [0.4, 0.5) is 5.69 Å². The van der Waals surface area contributed by atoms with Gasteiger partial charge in [0.25, 0.3) is 0 Å². The molecular formula is C13H17BrN4O2. The summed E-state index contributed by atoms with van der Waals surface area (Å²) in [5, 5.41) is 6.01. The lowest BCUT2D eigenvalue weighted by atomic mass is 10.2. The van der Waals surface area contributed by atoms with Crippen LogP contribution >= 0.6 is 15.9 Å². The minimum absolute atomic E-state index is 0.0731. The number of hydrogen-bond acceptors (Lipinski definition) is 3. The van der Waals surface area contributed by atoms with Gasteiger partial charge in [0.15, 0.2) is 0 Å². The van der Waals surface area contributed by atoms with Gasteiger partial charge in [-0.25, -0.2) is 4.79 Å². The molecule has 0 fully saturated rings. The van der Waals surface area contributed by atoms with Gasteiger partial charge < -0.3 is 20.6 Å². The third kappa shape index (κ3) is 3.71. The number of rotatable bonds is 5. The quantitative estimate of drug-likeness (QED) is 0.670. The summed E-state index contributed by atoms with van der Waals surface area (Å²) < 4.78 is 0.727. The number of carbonyl (C=O) groups is 1. The van der Waals surface area contributed by atoms with Gasteiger partial charge in [-0.05, 0) is 28.1 Å². The molecule has 1 aromatic carbocycles. The van der Waals surface area contributed by atoms with E-state index in [0.29, 0.717) is 35.7 Å². The maximum Gasteiger partial charge on any atom is 0.323 e. The van der Waals surface area contributed by atoms with Gasteiger partial charge in [0.05, 0.1) is 16.7 Å². The van der Waals surface area contributed by atoms with Crippen LogP contribution in [0.1, 0.15) is 20.3 Å².